The Morgan fingerprint density at radius 2 is 1.56 bits per heavy atom. The monoisotopic (exact) mass is 296 g/mol. The number of hydrogen-bond acceptors (Lipinski definition) is 5. The molecule has 0 aliphatic heterocycles. The summed E-state index contributed by atoms with van der Waals surface area (Å²) in [7, 11) is -6.44. The van der Waals surface area contributed by atoms with E-state index in [4.69, 9.17) is 18.8 Å². The van der Waals surface area contributed by atoms with Gasteiger partial charge in [0.2, 0.25) is 0 Å². The lowest BCUT2D eigenvalue weighted by molar-refractivity contribution is 0.143. The van der Waals surface area contributed by atoms with Gasteiger partial charge in [-0.2, -0.15) is 0 Å². The molecule has 2 N–H and O–H groups in total. The summed E-state index contributed by atoms with van der Waals surface area (Å²) >= 11 is 0. The van der Waals surface area contributed by atoms with Crippen molar-refractivity contribution >= 4 is 15.4 Å². The van der Waals surface area contributed by atoms with Crippen LogP contribution in [0.5, 0.6) is 0 Å². The molecule has 1 aromatic rings. The maximum absolute atomic E-state index is 12.2. The highest BCUT2D eigenvalue weighted by Crippen LogP contribution is 2.64. The molecule has 1 unspecified atom stereocenters. The van der Waals surface area contributed by atoms with Gasteiger partial charge >= 0.3 is 15.4 Å². The Balaban J connectivity index is 3.19. The van der Waals surface area contributed by atoms with E-state index in [-0.39, 0.29) is 5.56 Å². The maximum atomic E-state index is 12.2. The van der Waals surface area contributed by atoms with Gasteiger partial charge in [0.25, 0.3) is 0 Å². The van der Waals surface area contributed by atoms with Crippen LogP contribution in [0, 0.1) is 0 Å². The molecule has 18 heavy (non-hydrogen) atoms. The van der Waals surface area contributed by atoms with E-state index in [2.05, 4.69) is 4.52 Å². The number of rotatable bonds is 6. The van der Waals surface area contributed by atoms with Crippen molar-refractivity contribution in [2.75, 3.05) is 14.2 Å². The first kappa shape index (κ1) is 15.5. The third-order valence-corrected chi connectivity index (χ3v) is 4.77. The molecule has 0 amide bonds. The highest BCUT2D eigenvalue weighted by molar-refractivity contribution is 7.55. The van der Waals surface area contributed by atoms with Gasteiger partial charge in [0, 0.05) is 14.2 Å². The van der Waals surface area contributed by atoms with Gasteiger partial charge in [0.1, 0.15) is 0 Å². The van der Waals surface area contributed by atoms with Crippen molar-refractivity contribution in [2.45, 2.75) is 5.85 Å². The van der Waals surface area contributed by atoms with E-state index in [1.54, 1.807) is 18.2 Å². The molecule has 0 aliphatic rings. The van der Waals surface area contributed by atoms with Crippen LogP contribution in [0.2, 0.25) is 0 Å². The zero-order valence-corrected chi connectivity index (χ0v) is 11.6. The van der Waals surface area contributed by atoms with Crippen molar-refractivity contribution in [3.8, 4) is 0 Å². The topological polar surface area (TPSA) is 102 Å². The van der Waals surface area contributed by atoms with Crippen molar-refractivity contribution in [1.82, 2.24) is 0 Å². The van der Waals surface area contributed by atoms with E-state index in [1.807, 2.05) is 0 Å². The van der Waals surface area contributed by atoms with Gasteiger partial charge in [-0.1, -0.05) is 30.3 Å². The van der Waals surface area contributed by atoms with Crippen LogP contribution in [-0.2, 0) is 22.7 Å². The Hall–Kier alpha value is -0.520. The summed E-state index contributed by atoms with van der Waals surface area (Å²) in [4.78, 5) is 17.7. The number of phosphoric ester groups is 1. The van der Waals surface area contributed by atoms with E-state index in [9.17, 15) is 9.13 Å². The fourth-order valence-electron chi connectivity index (χ4n) is 1.31. The molecule has 0 fully saturated rings. The molecule has 0 aromatic heterocycles. The molecule has 1 aromatic carbocycles. The summed E-state index contributed by atoms with van der Waals surface area (Å²) in [6.07, 6.45) is 0. The van der Waals surface area contributed by atoms with E-state index in [0.29, 0.717) is 0 Å². The minimum absolute atomic E-state index is 0.285. The van der Waals surface area contributed by atoms with Crippen LogP contribution in [0.3, 0.4) is 0 Å². The summed E-state index contributed by atoms with van der Waals surface area (Å²) in [5, 5.41) is 0. The molecule has 0 bridgehead atoms. The molecule has 9 heteroatoms. The molecule has 1 atom stereocenters. The first-order valence-corrected chi connectivity index (χ1v) is 7.96. The van der Waals surface area contributed by atoms with Crippen LogP contribution in [0.1, 0.15) is 11.4 Å². The second-order valence-electron chi connectivity index (χ2n) is 3.26. The van der Waals surface area contributed by atoms with Gasteiger partial charge in [-0.05, 0) is 5.56 Å². The Morgan fingerprint density at radius 3 is 1.94 bits per heavy atom. The van der Waals surface area contributed by atoms with Crippen LogP contribution in [0.25, 0.3) is 0 Å². The van der Waals surface area contributed by atoms with Gasteiger partial charge in [-0.3, -0.25) is 9.09 Å². The van der Waals surface area contributed by atoms with Crippen molar-refractivity contribution in [3.63, 3.8) is 0 Å². The molecule has 0 saturated heterocycles. The largest absolute Gasteiger partial charge is 0.470 e. The summed E-state index contributed by atoms with van der Waals surface area (Å²) in [6, 6.07) is 7.93. The predicted octanol–water partition coefficient (Wildman–Crippen LogP) is 2.28. The molecular formula is C9H14O7P2. The lowest BCUT2D eigenvalue weighted by atomic mass is 10.2. The van der Waals surface area contributed by atoms with Crippen LogP contribution in [0.15, 0.2) is 30.3 Å². The Kier molecular flexibility index (Phi) is 5.25. The standard InChI is InChI=1S/C9H14O7P2/c1-14-17(10,15-2)9(16-18(11,12)13)8-6-4-3-5-7-8/h3-7,9H,1-2H3,(H2,11,12,13). The molecule has 102 valence electrons. The van der Waals surface area contributed by atoms with Gasteiger partial charge in [-0.15, -0.1) is 0 Å². The first-order chi connectivity index (χ1) is 8.32. The van der Waals surface area contributed by atoms with Crippen molar-refractivity contribution in [3.05, 3.63) is 35.9 Å². The molecule has 0 saturated carbocycles. The third kappa shape index (κ3) is 4.00. The van der Waals surface area contributed by atoms with Crippen LogP contribution in [0.4, 0.5) is 0 Å². The van der Waals surface area contributed by atoms with Gasteiger partial charge in [0.15, 0.2) is 5.85 Å². The molecular weight excluding hydrogens is 282 g/mol. The van der Waals surface area contributed by atoms with Crippen LogP contribution >= 0.6 is 15.4 Å². The minimum atomic E-state index is -4.84. The second-order valence-corrected chi connectivity index (χ2v) is 6.73. The number of phosphoric acid groups is 1. The maximum Gasteiger partial charge on any atom is 0.470 e. The molecule has 7 nitrogen and oxygen atoms in total. The zero-order chi connectivity index (χ0) is 13.8. The highest BCUT2D eigenvalue weighted by atomic mass is 31.2. The third-order valence-electron chi connectivity index (χ3n) is 2.12. The predicted molar refractivity (Wildman–Crippen MR) is 63.9 cm³/mol. The van der Waals surface area contributed by atoms with E-state index in [1.165, 1.54) is 12.1 Å². The molecule has 0 aliphatic carbocycles. The molecule has 1 rings (SSSR count). The fraction of sp³-hybridized carbons (Fsp3) is 0.333. The molecule has 0 radical (unpaired) electrons. The second kappa shape index (κ2) is 6.08. The lowest BCUT2D eigenvalue weighted by Gasteiger charge is -2.24. The average molecular weight is 296 g/mol. The van der Waals surface area contributed by atoms with E-state index >= 15 is 0 Å². The summed E-state index contributed by atoms with van der Waals surface area (Å²) in [5.74, 6) is -1.49. The minimum Gasteiger partial charge on any atom is -0.310 e. The Labute approximate surface area is 104 Å². The summed E-state index contributed by atoms with van der Waals surface area (Å²) < 4.78 is 37.1. The zero-order valence-electron chi connectivity index (χ0n) is 9.79. The molecule has 0 heterocycles. The van der Waals surface area contributed by atoms with Crippen LogP contribution in [-0.4, -0.2) is 24.0 Å². The average Bonchev–Trinajstić information content (AvgIpc) is 2.35. The fourth-order valence-corrected chi connectivity index (χ4v) is 3.60. The van der Waals surface area contributed by atoms with Crippen molar-refractivity contribution in [1.29, 1.82) is 0 Å². The van der Waals surface area contributed by atoms with Gasteiger partial charge < -0.3 is 18.8 Å². The Morgan fingerprint density at radius 1 is 1.06 bits per heavy atom. The Bertz CT molecular complexity index is 461. The summed E-state index contributed by atoms with van der Waals surface area (Å²) in [6.45, 7) is 0. The lowest BCUT2D eigenvalue weighted by Crippen LogP contribution is -2.07. The van der Waals surface area contributed by atoms with Crippen molar-refractivity contribution < 1.29 is 32.5 Å². The van der Waals surface area contributed by atoms with E-state index < -0.39 is 21.3 Å². The smallest absolute Gasteiger partial charge is 0.310 e. The van der Waals surface area contributed by atoms with Gasteiger partial charge in [0.05, 0.1) is 0 Å². The quantitative estimate of drug-likeness (QED) is 0.776. The first-order valence-electron chi connectivity index (χ1n) is 4.82. The van der Waals surface area contributed by atoms with Crippen molar-refractivity contribution in [2.24, 2.45) is 0 Å². The summed E-state index contributed by atoms with van der Waals surface area (Å²) in [5.41, 5.74) is 0.285. The van der Waals surface area contributed by atoms with Crippen LogP contribution < -0.4 is 0 Å². The normalized spacial score (nSPS) is 14.4. The van der Waals surface area contributed by atoms with Gasteiger partial charge in [-0.25, -0.2) is 4.57 Å². The van der Waals surface area contributed by atoms with E-state index in [0.717, 1.165) is 14.2 Å². The highest BCUT2D eigenvalue weighted by Gasteiger charge is 2.40. The molecule has 0 spiro atoms. The SMILES string of the molecule is COP(=O)(OC)C(OP(=O)(O)O)c1ccccc1. The number of hydrogen-bond donors (Lipinski definition) is 2. The number of benzene rings is 1.